The number of hydrogen-bond acceptors (Lipinski definition) is 4. The first-order chi connectivity index (χ1) is 14.9. The molecule has 1 aliphatic rings. The molecule has 0 fully saturated rings. The lowest BCUT2D eigenvalue weighted by atomic mass is 9.98. The summed E-state index contributed by atoms with van der Waals surface area (Å²) in [6, 6.07) is 14.8. The van der Waals surface area contributed by atoms with E-state index in [0.717, 1.165) is 22.3 Å². The van der Waals surface area contributed by atoms with Crippen molar-refractivity contribution in [3.05, 3.63) is 59.7 Å². The van der Waals surface area contributed by atoms with Gasteiger partial charge in [-0.1, -0.05) is 61.9 Å². The van der Waals surface area contributed by atoms with Gasteiger partial charge in [-0.2, -0.15) is 0 Å². The van der Waals surface area contributed by atoms with E-state index in [1.54, 1.807) is 6.92 Å². The van der Waals surface area contributed by atoms with Gasteiger partial charge in [0.05, 0.1) is 6.42 Å². The molecule has 2 amide bonds. The van der Waals surface area contributed by atoms with Crippen molar-refractivity contribution in [1.29, 1.82) is 0 Å². The van der Waals surface area contributed by atoms with Gasteiger partial charge in [0.15, 0.2) is 0 Å². The van der Waals surface area contributed by atoms with Crippen LogP contribution in [-0.2, 0) is 14.3 Å². The molecule has 1 aliphatic carbocycles. The zero-order valence-corrected chi connectivity index (χ0v) is 17.8. The Kier molecular flexibility index (Phi) is 7.28. The number of carboxylic acid groups (broad SMARTS) is 1. The summed E-state index contributed by atoms with van der Waals surface area (Å²) in [7, 11) is 0. The number of carbonyl (C=O) groups is 3. The highest BCUT2D eigenvalue weighted by Crippen LogP contribution is 2.44. The van der Waals surface area contributed by atoms with Gasteiger partial charge in [-0.25, -0.2) is 4.79 Å². The molecule has 2 aromatic rings. The molecule has 0 saturated carbocycles. The third-order valence-corrected chi connectivity index (χ3v) is 5.40. The zero-order chi connectivity index (χ0) is 22.4. The number of fused-ring (bicyclic) bond motifs is 3. The van der Waals surface area contributed by atoms with Crippen molar-refractivity contribution in [3.8, 4) is 11.1 Å². The summed E-state index contributed by atoms with van der Waals surface area (Å²) in [6.07, 6.45) is 0.252. The lowest BCUT2D eigenvalue weighted by molar-refractivity contribution is -0.137. The molecule has 2 aromatic carbocycles. The van der Waals surface area contributed by atoms with Gasteiger partial charge in [0, 0.05) is 12.0 Å². The Labute approximate surface area is 181 Å². The number of nitrogens with one attached hydrogen (secondary N) is 2. The van der Waals surface area contributed by atoms with Crippen LogP contribution in [0.2, 0.25) is 0 Å². The number of hydrogen-bond donors (Lipinski definition) is 3. The van der Waals surface area contributed by atoms with Crippen LogP contribution in [0, 0.1) is 0 Å². The fourth-order valence-corrected chi connectivity index (χ4v) is 4.00. The predicted molar refractivity (Wildman–Crippen MR) is 117 cm³/mol. The molecule has 2 atom stereocenters. The quantitative estimate of drug-likeness (QED) is 0.570. The fourth-order valence-electron chi connectivity index (χ4n) is 4.00. The lowest BCUT2D eigenvalue weighted by Crippen LogP contribution is -2.49. The summed E-state index contributed by atoms with van der Waals surface area (Å²) in [4.78, 5) is 35.8. The summed E-state index contributed by atoms with van der Waals surface area (Å²) >= 11 is 0. The number of aliphatic carboxylic acids is 1. The minimum absolute atomic E-state index is 0.0628. The molecule has 1 unspecified atom stereocenters. The molecule has 0 heterocycles. The number of amides is 2. The van der Waals surface area contributed by atoms with Gasteiger partial charge >= 0.3 is 12.1 Å². The van der Waals surface area contributed by atoms with Gasteiger partial charge in [0.1, 0.15) is 12.6 Å². The van der Waals surface area contributed by atoms with Crippen molar-refractivity contribution >= 4 is 18.0 Å². The van der Waals surface area contributed by atoms with Gasteiger partial charge in [-0.3, -0.25) is 9.59 Å². The molecule has 0 spiro atoms. The van der Waals surface area contributed by atoms with Crippen molar-refractivity contribution in [3.63, 3.8) is 0 Å². The fraction of sp³-hybridized carbons (Fsp3) is 0.375. The van der Waals surface area contributed by atoms with E-state index in [-0.39, 0.29) is 18.9 Å². The van der Waals surface area contributed by atoms with E-state index >= 15 is 0 Å². The van der Waals surface area contributed by atoms with Crippen LogP contribution in [0.3, 0.4) is 0 Å². The number of carbonyl (C=O) groups excluding carboxylic acids is 2. The minimum atomic E-state index is -0.996. The van der Waals surface area contributed by atoms with Gasteiger partial charge in [0.25, 0.3) is 0 Å². The number of benzene rings is 2. The Morgan fingerprint density at radius 1 is 1.00 bits per heavy atom. The van der Waals surface area contributed by atoms with Gasteiger partial charge in [0.2, 0.25) is 5.91 Å². The molecule has 164 valence electrons. The van der Waals surface area contributed by atoms with E-state index in [1.807, 2.05) is 43.3 Å². The third-order valence-electron chi connectivity index (χ3n) is 5.40. The third kappa shape index (κ3) is 5.42. The molecule has 3 N–H and O–H groups in total. The van der Waals surface area contributed by atoms with Crippen LogP contribution >= 0.6 is 0 Å². The molecule has 7 heteroatoms. The first-order valence-electron chi connectivity index (χ1n) is 10.5. The van der Waals surface area contributed by atoms with Crippen LogP contribution in [0.5, 0.6) is 0 Å². The minimum Gasteiger partial charge on any atom is -0.481 e. The Bertz CT molecular complexity index is 913. The van der Waals surface area contributed by atoms with E-state index < -0.39 is 30.1 Å². The van der Waals surface area contributed by atoms with E-state index in [1.165, 1.54) is 0 Å². The van der Waals surface area contributed by atoms with Crippen LogP contribution in [0.15, 0.2) is 48.5 Å². The number of rotatable bonds is 9. The van der Waals surface area contributed by atoms with Crippen molar-refractivity contribution in [1.82, 2.24) is 10.6 Å². The highest BCUT2D eigenvalue weighted by atomic mass is 16.5. The van der Waals surface area contributed by atoms with Gasteiger partial charge < -0.3 is 20.5 Å². The van der Waals surface area contributed by atoms with Crippen molar-refractivity contribution < 1.29 is 24.2 Å². The SMILES string of the molecule is CCC[C@@H](NC(=O)OCC1c2ccccc2-c2ccccc21)C(=O)NC(C)CC(=O)O. The molecular formula is C24H28N2O5. The maximum absolute atomic E-state index is 12.5. The maximum Gasteiger partial charge on any atom is 0.407 e. The average molecular weight is 424 g/mol. The molecule has 0 bridgehead atoms. The number of carboxylic acids is 1. The molecule has 7 nitrogen and oxygen atoms in total. The highest BCUT2D eigenvalue weighted by molar-refractivity contribution is 5.86. The first kappa shape index (κ1) is 22.3. The van der Waals surface area contributed by atoms with Crippen LogP contribution < -0.4 is 10.6 Å². The molecule has 0 saturated heterocycles. The molecule has 31 heavy (non-hydrogen) atoms. The number of alkyl carbamates (subject to hydrolysis) is 1. The second-order valence-electron chi connectivity index (χ2n) is 7.82. The second kappa shape index (κ2) is 10.1. The Balaban J connectivity index is 1.62. The highest BCUT2D eigenvalue weighted by Gasteiger charge is 2.29. The van der Waals surface area contributed by atoms with Gasteiger partial charge in [-0.05, 0) is 35.6 Å². The second-order valence-corrected chi connectivity index (χ2v) is 7.82. The maximum atomic E-state index is 12.5. The molecular weight excluding hydrogens is 396 g/mol. The van der Waals surface area contributed by atoms with E-state index in [4.69, 9.17) is 9.84 Å². The molecule has 0 radical (unpaired) electrons. The van der Waals surface area contributed by atoms with Crippen molar-refractivity contribution in [2.24, 2.45) is 0 Å². The topological polar surface area (TPSA) is 105 Å². The molecule has 0 aromatic heterocycles. The van der Waals surface area contributed by atoms with Crippen molar-refractivity contribution in [2.75, 3.05) is 6.61 Å². The predicted octanol–water partition coefficient (Wildman–Crippen LogP) is 3.67. The van der Waals surface area contributed by atoms with E-state index in [9.17, 15) is 14.4 Å². The van der Waals surface area contributed by atoms with Crippen LogP contribution in [0.25, 0.3) is 11.1 Å². The van der Waals surface area contributed by atoms with Crippen molar-refractivity contribution in [2.45, 2.75) is 51.1 Å². The lowest BCUT2D eigenvalue weighted by Gasteiger charge is -2.21. The summed E-state index contributed by atoms with van der Waals surface area (Å²) in [5, 5.41) is 14.1. The van der Waals surface area contributed by atoms with Crippen LogP contribution in [0.1, 0.15) is 50.2 Å². The smallest absolute Gasteiger partial charge is 0.407 e. The molecule has 3 rings (SSSR count). The average Bonchev–Trinajstić information content (AvgIpc) is 3.05. The normalized spacial score (nSPS) is 14.1. The summed E-state index contributed by atoms with van der Waals surface area (Å²) in [5.74, 6) is -1.47. The Hall–Kier alpha value is -3.35. The standard InChI is InChI=1S/C24H28N2O5/c1-3-8-21(23(29)25-15(2)13-22(27)28)26-24(30)31-14-20-18-11-6-4-9-16(18)17-10-5-7-12-19(17)20/h4-7,9-12,15,20-21H,3,8,13-14H2,1-2H3,(H,25,29)(H,26,30)(H,27,28)/t15?,21-/m1/s1. The van der Waals surface area contributed by atoms with E-state index in [0.29, 0.717) is 12.8 Å². The monoisotopic (exact) mass is 424 g/mol. The summed E-state index contributed by atoms with van der Waals surface area (Å²) in [6.45, 7) is 3.68. The summed E-state index contributed by atoms with van der Waals surface area (Å²) in [5.41, 5.74) is 4.51. The van der Waals surface area contributed by atoms with Crippen LogP contribution in [-0.4, -0.2) is 41.8 Å². The summed E-state index contributed by atoms with van der Waals surface area (Å²) < 4.78 is 5.51. The van der Waals surface area contributed by atoms with Gasteiger partial charge in [-0.15, -0.1) is 0 Å². The Morgan fingerprint density at radius 3 is 2.13 bits per heavy atom. The largest absolute Gasteiger partial charge is 0.481 e. The van der Waals surface area contributed by atoms with E-state index in [2.05, 4.69) is 22.8 Å². The Morgan fingerprint density at radius 2 is 1.58 bits per heavy atom. The van der Waals surface area contributed by atoms with Crippen LogP contribution in [0.4, 0.5) is 4.79 Å². The zero-order valence-electron chi connectivity index (χ0n) is 17.8. The molecule has 0 aliphatic heterocycles. The first-order valence-corrected chi connectivity index (χ1v) is 10.5. The number of ether oxygens (including phenoxy) is 1.